The van der Waals surface area contributed by atoms with Crippen molar-refractivity contribution in [1.29, 1.82) is 0 Å². The van der Waals surface area contributed by atoms with Gasteiger partial charge in [0.25, 0.3) is 0 Å². The van der Waals surface area contributed by atoms with Gasteiger partial charge in [-0.2, -0.15) is 0 Å². The first-order valence-corrected chi connectivity index (χ1v) is 0. The Bertz CT molecular complexity index is 3.25. The van der Waals surface area contributed by atoms with Crippen LogP contribution in [0.3, 0.4) is 0 Å². The first-order valence-electron chi connectivity index (χ1n) is 0. The van der Waals surface area contributed by atoms with Crippen LogP contribution in [-0.2, 0) is 63.2 Å². The van der Waals surface area contributed by atoms with Crippen LogP contribution < -0.4 is 0 Å². The van der Waals surface area contributed by atoms with E-state index in [1.807, 2.05) is 0 Å². The first kappa shape index (κ1) is 28.8. The third kappa shape index (κ3) is 8.85. The maximum Gasteiger partial charge on any atom is 0 e. The molecule has 0 amide bonds. The van der Waals surface area contributed by atoms with Crippen LogP contribution in [0.15, 0.2) is 0 Å². The van der Waals surface area contributed by atoms with Gasteiger partial charge in [-0.15, -0.1) is 0 Å². The molecule has 0 aromatic rings. The molecule has 0 spiro atoms. The Labute approximate surface area is 85.6 Å². The molecule has 0 aliphatic rings. The molecule has 0 heterocycles. The third-order valence-electron chi connectivity index (χ3n) is 0. The molecule has 0 aliphatic carbocycles. The van der Waals surface area contributed by atoms with E-state index in [2.05, 4.69) is 0 Å². The molecule has 4 radical (unpaired) electrons. The standard InChI is InChI=1S/3Pt.Sn. The molecule has 0 saturated carbocycles. The van der Waals surface area contributed by atoms with Crippen molar-refractivity contribution in [3.05, 3.63) is 0 Å². The number of rotatable bonds is 0. The maximum absolute atomic E-state index is 0. The first-order chi connectivity index (χ1) is 0. The van der Waals surface area contributed by atoms with Crippen molar-refractivity contribution in [3.8, 4) is 0 Å². The summed E-state index contributed by atoms with van der Waals surface area (Å²) >= 11 is 0. The van der Waals surface area contributed by atoms with E-state index in [1.165, 1.54) is 0 Å². The molecule has 0 N–H and O–H groups in total. The van der Waals surface area contributed by atoms with Crippen molar-refractivity contribution in [1.82, 2.24) is 0 Å². The Morgan fingerprint density at radius 1 is 0.500 bits per heavy atom. The average molecular weight is 704 g/mol. The van der Waals surface area contributed by atoms with Crippen LogP contribution in [0.1, 0.15) is 0 Å². The molecule has 0 aliphatic heterocycles. The summed E-state index contributed by atoms with van der Waals surface area (Å²) < 4.78 is 0. The van der Waals surface area contributed by atoms with Crippen LogP contribution in [0.4, 0.5) is 0 Å². The van der Waals surface area contributed by atoms with E-state index in [-0.39, 0.29) is 87.1 Å². The van der Waals surface area contributed by atoms with E-state index in [0.717, 1.165) is 0 Å². The van der Waals surface area contributed by atoms with E-state index in [4.69, 9.17) is 0 Å². The van der Waals surface area contributed by atoms with Gasteiger partial charge in [-0.25, -0.2) is 0 Å². The summed E-state index contributed by atoms with van der Waals surface area (Å²) in [6.45, 7) is 0. The van der Waals surface area contributed by atoms with Crippen LogP contribution in [0, 0.1) is 0 Å². The predicted molar refractivity (Wildman–Crippen MR) is 5.75 cm³/mol. The van der Waals surface area contributed by atoms with E-state index in [9.17, 15) is 0 Å². The molecule has 0 fully saturated rings. The molecular weight excluding hydrogens is 704 g/mol. The van der Waals surface area contributed by atoms with E-state index in [1.54, 1.807) is 0 Å². The molecule has 4 heteroatoms. The minimum absolute atomic E-state index is 0. The minimum atomic E-state index is 0. The van der Waals surface area contributed by atoms with E-state index >= 15 is 0 Å². The fourth-order valence-corrected chi connectivity index (χ4v) is 0. The molecular formula is Pt3Sn. The van der Waals surface area contributed by atoms with E-state index < -0.39 is 0 Å². The normalized spacial score (nSPS) is 0. The summed E-state index contributed by atoms with van der Waals surface area (Å²) in [7, 11) is 0. The molecule has 0 bridgehead atoms. The van der Waals surface area contributed by atoms with Crippen LogP contribution in [-0.4, -0.2) is 23.9 Å². The zero-order valence-corrected chi connectivity index (χ0v) is 11.1. The second-order valence-corrected chi connectivity index (χ2v) is 0. The van der Waals surface area contributed by atoms with Gasteiger partial charge in [0.2, 0.25) is 0 Å². The topological polar surface area (TPSA) is 0 Å². The third-order valence-corrected chi connectivity index (χ3v) is 0. The molecule has 4 heavy (non-hydrogen) atoms. The van der Waals surface area contributed by atoms with Crippen LogP contribution in [0.5, 0.6) is 0 Å². The molecule has 0 unspecified atom stereocenters. The molecule has 34 valence electrons. The van der Waals surface area contributed by atoms with Gasteiger partial charge in [0.05, 0.1) is 0 Å². The Kier molecular flexibility index (Phi) is 122. The van der Waals surface area contributed by atoms with Gasteiger partial charge in [0.1, 0.15) is 0 Å². The zero-order valence-electron chi connectivity index (χ0n) is 1.45. The van der Waals surface area contributed by atoms with Crippen molar-refractivity contribution in [3.63, 3.8) is 0 Å². The molecule has 0 nitrogen and oxygen atoms in total. The summed E-state index contributed by atoms with van der Waals surface area (Å²) in [4.78, 5) is 0. The van der Waals surface area contributed by atoms with Crippen LogP contribution in [0.25, 0.3) is 0 Å². The largest absolute Gasteiger partial charge is 0 e. The molecule has 0 rings (SSSR count). The molecule has 0 aromatic heterocycles. The smallest absolute Gasteiger partial charge is 0 e. The summed E-state index contributed by atoms with van der Waals surface area (Å²) in [5.41, 5.74) is 0. The van der Waals surface area contributed by atoms with Crippen LogP contribution in [0.2, 0.25) is 0 Å². The summed E-state index contributed by atoms with van der Waals surface area (Å²) in [5, 5.41) is 0. The Morgan fingerprint density at radius 2 is 0.500 bits per heavy atom. The predicted octanol–water partition coefficient (Wildman–Crippen LogP) is -0.388. The summed E-state index contributed by atoms with van der Waals surface area (Å²) in [5.74, 6) is 0. The van der Waals surface area contributed by atoms with Crippen molar-refractivity contribution in [2.24, 2.45) is 0 Å². The zero-order chi connectivity index (χ0) is 0. The Hall–Kier alpha value is 2.86. The number of hydrogen-bond acceptors (Lipinski definition) is 0. The van der Waals surface area contributed by atoms with Gasteiger partial charge in [-0.3, -0.25) is 0 Å². The average Bonchev–Trinajstić information content (AvgIpc) is 0. The van der Waals surface area contributed by atoms with Gasteiger partial charge in [0.15, 0.2) is 0 Å². The van der Waals surface area contributed by atoms with Gasteiger partial charge >= 0.3 is 0 Å². The van der Waals surface area contributed by atoms with Crippen molar-refractivity contribution in [2.45, 2.75) is 0 Å². The summed E-state index contributed by atoms with van der Waals surface area (Å²) in [6.07, 6.45) is 0. The maximum atomic E-state index is 0. The van der Waals surface area contributed by atoms with Crippen LogP contribution >= 0.6 is 0 Å². The number of hydrogen-bond donors (Lipinski definition) is 0. The van der Waals surface area contributed by atoms with Crippen molar-refractivity contribution in [2.75, 3.05) is 0 Å². The Balaban J connectivity index is 0. The van der Waals surface area contributed by atoms with Gasteiger partial charge in [0, 0.05) is 87.1 Å². The van der Waals surface area contributed by atoms with Crippen molar-refractivity contribution >= 4 is 23.9 Å². The monoisotopic (exact) mass is 705 g/mol. The minimum Gasteiger partial charge on any atom is 0 e. The SMILES string of the molecule is [Pt].[Pt].[Pt].[Sn]. The fourth-order valence-electron chi connectivity index (χ4n) is 0. The summed E-state index contributed by atoms with van der Waals surface area (Å²) in [6, 6.07) is 0. The molecule has 0 saturated heterocycles. The van der Waals surface area contributed by atoms with Crippen molar-refractivity contribution < 1.29 is 63.2 Å². The molecule has 0 aromatic carbocycles. The van der Waals surface area contributed by atoms with Gasteiger partial charge in [-0.1, -0.05) is 0 Å². The second-order valence-electron chi connectivity index (χ2n) is 0. The Morgan fingerprint density at radius 3 is 0.500 bits per heavy atom. The van der Waals surface area contributed by atoms with E-state index in [0.29, 0.717) is 0 Å². The van der Waals surface area contributed by atoms with Gasteiger partial charge in [-0.05, 0) is 0 Å². The fraction of sp³-hybridized carbons (Fsp3) is 0. The second kappa shape index (κ2) is 16.9. The quantitative estimate of drug-likeness (QED) is 0.302. The molecule has 0 atom stereocenters. The van der Waals surface area contributed by atoms with Gasteiger partial charge < -0.3 is 0 Å².